The highest BCUT2D eigenvalue weighted by Gasteiger charge is 2.41. The van der Waals surface area contributed by atoms with E-state index in [9.17, 15) is 5.11 Å². The summed E-state index contributed by atoms with van der Waals surface area (Å²) >= 11 is 1.71. The molecule has 0 amide bonds. The molecule has 1 N–H and O–H groups in total. The van der Waals surface area contributed by atoms with Crippen molar-refractivity contribution >= 4 is 62.3 Å². The van der Waals surface area contributed by atoms with Crippen molar-refractivity contribution in [3.05, 3.63) is 187 Å². The van der Waals surface area contributed by atoms with Crippen LogP contribution in [-0.2, 0) is 10.8 Å². The van der Waals surface area contributed by atoms with Gasteiger partial charge in [-0.1, -0.05) is 175 Å². The standard InChI is InChI=1S/C52H48N2OSSi/c1-51(2,3)38-28-31-47(55)37(32-38)35-53-46-25-17-16-24-44(46)50-54-49-45(33-39(52(4,5)6)34-48(49)56-50)36-26-29-43(30-27-36)57(40-18-10-7-11-19-40,41-20-12-8-13-21-41)42-22-14-9-15-23-42/h7-35,55H,1-6H3. The van der Waals surface area contributed by atoms with Gasteiger partial charge < -0.3 is 5.11 Å². The molecule has 5 heteroatoms. The summed E-state index contributed by atoms with van der Waals surface area (Å²) in [5.74, 6) is 0.214. The molecule has 0 aliphatic carbocycles. The molecule has 0 fully saturated rings. The summed E-state index contributed by atoms with van der Waals surface area (Å²) in [5.41, 5.74) is 8.03. The number of benzene rings is 7. The minimum atomic E-state index is -2.66. The van der Waals surface area contributed by atoms with Gasteiger partial charge in [0.25, 0.3) is 0 Å². The zero-order valence-corrected chi connectivity index (χ0v) is 35.3. The third kappa shape index (κ3) is 7.41. The Balaban J connectivity index is 1.26. The predicted molar refractivity (Wildman–Crippen MR) is 247 cm³/mol. The molecule has 0 bridgehead atoms. The van der Waals surface area contributed by atoms with E-state index in [1.54, 1.807) is 23.6 Å². The number of hydrogen-bond donors (Lipinski definition) is 1. The number of rotatable bonds is 8. The van der Waals surface area contributed by atoms with Crippen molar-refractivity contribution in [2.75, 3.05) is 0 Å². The number of hydrogen-bond acceptors (Lipinski definition) is 4. The smallest absolute Gasteiger partial charge is 0.179 e. The Morgan fingerprint density at radius 3 is 1.63 bits per heavy atom. The maximum Gasteiger partial charge on any atom is 0.179 e. The molecule has 3 nitrogen and oxygen atoms in total. The van der Waals surface area contributed by atoms with E-state index >= 15 is 0 Å². The zero-order chi connectivity index (χ0) is 39.8. The number of thiazole rings is 1. The summed E-state index contributed by atoms with van der Waals surface area (Å²) in [6.45, 7) is 13.3. The van der Waals surface area contributed by atoms with Crippen molar-refractivity contribution in [1.29, 1.82) is 0 Å². The number of aromatic hydroxyl groups is 1. The number of fused-ring (bicyclic) bond motifs is 1. The van der Waals surface area contributed by atoms with E-state index < -0.39 is 8.07 Å². The Bertz CT molecular complexity index is 2590. The van der Waals surface area contributed by atoms with Crippen molar-refractivity contribution in [1.82, 2.24) is 4.98 Å². The van der Waals surface area contributed by atoms with Crippen LogP contribution < -0.4 is 20.7 Å². The SMILES string of the molecule is CC(C)(C)c1ccc(O)c(C=Nc2ccccc2-c2nc3c(-c4ccc([Si](c5ccccc5)(c5ccccc5)c5ccccc5)cc4)cc(C(C)(C)C)cc3s2)c1. The summed E-state index contributed by atoms with van der Waals surface area (Å²) in [6, 6.07) is 61.1. The molecule has 8 rings (SSSR count). The van der Waals surface area contributed by atoms with Crippen LogP contribution in [0, 0.1) is 0 Å². The van der Waals surface area contributed by atoms with E-state index in [2.05, 4.69) is 175 Å². The highest BCUT2D eigenvalue weighted by Crippen LogP contribution is 2.41. The van der Waals surface area contributed by atoms with Gasteiger partial charge >= 0.3 is 0 Å². The predicted octanol–water partition coefficient (Wildman–Crippen LogP) is 11.1. The first-order valence-corrected chi connectivity index (χ1v) is 22.4. The maximum atomic E-state index is 10.7. The zero-order valence-electron chi connectivity index (χ0n) is 33.5. The molecule has 0 saturated carbocycles. The number of aliphatic imine (C=N–C) groups is 1. The van der Waals surface area contributed by atoms with Gasteiger partial charge in [-0.25, -0.2) is 4.98 Å². The van der Waals surface area contributed by atoms with Crippen molar-refractivity contribution in [3.8, 4) is 27.4 Å². The summed E-state index contributed by atoms with van der Waals surface area (Å²) in [5, 5.41) is 17.0. The number of nitrogens with zero attached hydrogens (tertiary/aromatic N) is 2. The molecule has 0 aliphatic heterocycles. The number of para-hydroxylation sites is 1. The van der Waals surface area contributed by atoms with Gasteiger partial charge in [-0.2, -0.15) is 0 Å². The molecule has 0 unspecified atom stereocenters. The van der Waals surface area contributed by atoms with Gasteiger partial charge in [-0.3, -0.25) is 4.99 Å². The van der Waals surface area contributed by atoms with E-state index in [4.69, 9.17) is 9.98 Å². The van der Waals surface area contributed by atoms with Gasteiger partial charge in [0.05, 0.1) is 15.9 Å². The van der Waals surface area contributed by atoms with E-state index in [1.807, 2.05) is 30.3 Å². The van der Waals surface area contributed by atoms with E-state index in [0.29, 0.717) is 5.56 Å². The molecule has 0 saturated heterocycles. The lowest BCUT2D eigenvalue weighted by molar-refractivity contribution is 0.473. The second-order valence-electron chi connectivity index (χ2n) is 16.9. The third-order valence-electron chi connectivity index (χ3n) is 11.0. The summed E-state index contributed by atoms with van der Waals surface area (Å²) in [6.07, 6.45) is 1.77. The third-order valence-corrected chi connectivity index (χ3v) is 16.8. The van der Waals surface area contributed by atoms with Crippen LogP contribution in [0.2, 0.25) is 0 Å². The first-order chi connectivity index (χ1) is 27.4. The fourth-order valence-corrected chi connectivity index (χ4v) is 13.6. The number of phenols is 1. The van der Waals surface area contributed by atoms with Crippen LogP contribution in [0.25, 0.3) is 31.9 Å². The quantitative estimate of drug-likeness (QED) is 0.0949. The molecule has 57 heavy (non-hydrogen) atoms. The monoisotopic (exact) mass is 776 g/mol. The summed E-state index contributed by atoms with van der Waals surface area (Å²) in [7, 11) is -2.66. The van der Waals surface area contributed by atoms with Gasteiger partial charge in [-0.05, 0) is 84.7 Å². The van der Waals surface area contributed by atoms with Gasteiger partial charge in [0, 0.05) is 22.9 Å². The van der Waals surface area contributed by atoms with Crippen molar-refractivity contribution in [2.24, 2.45) is 4.99 Å². The van der Waals surface area contributed by atoms with Crippen LogP contribution in [0.3, 0.4) is 0 Å². The topological polar surface area (TPSA) is 45.5 Å². The average Bonchev–Trinajstić information content (AvgIpc) is 3.66. The molecule has 0 radical (unpaired) electrons. The lowest BCUT2D eigenvalue weighted by atomic mass is 9.85. The number of aromatic nitrogens is 1. The van der Waals surface area contributed by atoms with Crippen molar-refractivity contribution in [2.45, 2.75) is 52.4 Å². The van der Waals surface area contributed by atoms with Crippen LogP contribution in [0.15, 0.2) is 175 Å². The van der Waals surface area contributed by atoms with Gasteiger partial charge in [0.2, 0.25) is 0 Å². The molecule has 1 heterocycles. The molecule has 0 aliphatic rings. The summed E-state index contributed by atoms with van der Waals surface area (Å²) in [4.78, 5) is 10.3. The van der Waals surface area contributed by atoms with Crippen LogP contribution in [0.1, 0.15) is 58.2 Å². The molecular weight excluding hydrogens is 729 g/mol. The minimum absolute atomic E-state index is 0.0458. The first kappa shape index (κ1) is 38.0. The Labute approximate surface area is 342 Å². The molecule has 0 atom stereocenters. The van der Waals surface area contributed by atoms with Gasteiger partial charge in [0.15, 0.2) is 8.07 Å². The molecule has 1 aromatic heterocycles. The second-order valence-corrected chi connectivity index (χ2v) is 21.7. The molecule has 7 aromatic carbocycles. The molecule has 0 spiro atoms. The average molecular weight is 777 g/mol. The van der Waals surface area contributed by atoms with Crippen molar-refractivity contribution < 1.29 is 5.11 Å². The second kappa shape index (κ2) is 15.2. The van der Waals surface area contributed by atoms with E-state index in [-0.39, 0.29) is 16.6 Å². The number of phenolic OH excluding ortho intramolecular Hbond substituents is 1. The lowest BCUT2D eigenvalue weighted by Crippen LogP contribution is -2.74. The normalized spacial score (nSPS) is 12.4. The Morgan fingerprint density at radius 2 is 1.07 bits per heavy atom. The Hall–Kier alpha value is -5.88. The largest absolute Gasteiger partial charge is 0.507 e. The lowest BCUT2D eigenvalue weighted by Gasteiger charge is -2.34. The van der Waals surface area contributed by atoms with Crippen LogP contribution in [0.5, 0.6) is 5.75 Å². The minimum Gasteiger partial charge on any atom is -0.507 e. The highest BCUT2D eigenvalue weighted by molar-refractivity contribution is 7.22. The first-order valence-electron chi connectivity index (χ1n) is 19.6. The Morgan fingerprint density at radius 1 is 0.544 bits per heavy atom. The van der Waals surface area contributed by atoms with Crippen molar-refractivity contribution in [3.63, 3.8) is 0 Å². The Kier molecular flexibility index (Phi) is 10.2. The van der Waals surface area contributed by atoms with Crippen LogP contribution >= 0.6 is 11.3 Å². The highest BCUT2D eigenvalue weighted by atomic mass is 32.1. The van der Waals surface area contributed by atoms with Gasteiger partial charge in [-0.15, -0.1) is 11.3 Å². The maximum absolute atomic E-state index is 10.7. The fraction of sp³-hybridized carbons (Fsp3) is 0.154. The van der Waals surface area contributed by atoms with E-state index in [0.717, 1.165) is 43.2 Å². The van der Waals surface area contributed by atoms with Gasteiger partial charge in [0.1, 0.15) is 10.8 Å². The molecular formula is C52H48N2OSSi. The fourth-order valence-electron chi connectivity index (χ4n) is 7.79. The molecule has 8 aromatic rings. The van der Waals surface area contributed by atoms with E-state index in [1.165, 1.54) is 26.3 Å². The summed E-state index contributed by atoms with van der Waals surface area (Å²) < 4.78 is 1.15. The molecule has 282 valence electrons. The van der Waals surface area contributed by atoms with Crippen LogP contribution in [-0.4, -0.2) is 24.4 Å². The van der Waals surface area contributed by atoms with Crippen LogP contribution in [0.4, 0.5) is 5.69 Å².